The summed E-state index contributed by atoms with van der Waals surface area (Å²) in [5.74, 6) is 0.0614. The summed E-state index contributed by atoms with van der Waals surface area (Å²) in [4.78, 5) is 23.0. The van der Waals surface area contributed by atoms with Crippen molar-refractivity contribution in [2.75, 3.05) is 50.5 Å². The molecule has 1 aromatic heterocycles. The van der Waals surface area contributed by atoms with Crippen LogP contribution in [0.2, 0.25) is 0 Å². The molecule has 1 amide bonds. The number of fused-ring (bicyclic) bond motifs is 5. The van der Waals surface area contributed by atoms with Gasteiger partial charge in [-0.1, -0.05) is 24.3 Å². The molecule has 214 valence electrons. The summed E-state index contributed by atoms with van der Waals surface area (Å²) >= 11 is 0. The van der Waals surface area contributed by atoms with Crippen LogP contribution in [0.5, 0.6) is 5.75 Å². The number of phenolic OH excluding ortho intramolecular Hbond substituents is 1. The lowest BCUT2D eigenvalue weighted by atomic mass is 9.74. The maximum atomic E-state index is 17.2. The van der Waals surface area contributed by atoms with Gasteiger partial charge in [0.25, 0.3) is 0 Å². The summed E-state index contributed by atoms with van der Waals surface area (Å²) in [7, 11) is 4.08. The number of nitriles is 1. The van der Waals surface area contributed by atoms with E-state index in [1.165, 1.54) is 0 Å². The number of benzene rings is 3. The number of carbonyl (C=O) groups is 1. The first-order valence-electron chi connectivity index (χ1n) is 14.5. The van der Waals surface area contributed by atoms with Crippen LogP contribution < -0.4 is 15.5 Å². The van der Waals surface area contributed by atoms with E-state index in [9.17, 15) is 15.2 Å². The van der Waals surface area contributed by atoms with E-state index in [0.29, 0.717) is 59.0 Å². The highest BCUT2D eigenvalue weighted by molar-refractivity contribution is 6.15. The van der Waals surface area contributed by atoms with E-state index >= 15 is 4.39 Å². The zero-order valence-corrected chi connectivity index (χ0v) is 23.8. The van der Waals surface area contributed by atoms with Crippen LogP contribution in [-0.4, -0.2) is 67.2 Å². The van der Waals surface area contributed by atoms with Gasteiger partial charge >= 0.3 is 0 Å². The second kappa shape index (κ2) is 9.93. The third-order valence-corrected chi connectivity index (χ3v) is 9.33. The average Bonchev–Trinajstić information content (AvgIpc) is 3.22. The fraction of sp³-hybridized carbons (Fsp3) is 0.364. The highest BCUT2D eigenvalue weighted by Gasteiger charge is 2.51. The summed E-state index contributed by atoms with van der Waals surface area (Å²) in [6.07, 6.45) is 2.01. The number of hydrogen-bond donors (Lipinski definition) is 3. The first-order chi connectivity index (χ1) is 20.3. The summed E-state index contributed by atoms with van der Waals surface area (Å²) in [5.41, 5.74) is 2.42. The van der Waals surface area contributed by atoms with Crippen LogP contribution in [0.1, 0.15) is 30.4 Å². The van der Waals surface area contributed by atoms with E-state index in [1.807, 2.05) is 44.4 Å². The number of halogens is 1. The maximum Gasteiger partial charge on any atom is 0.236 e. The zero-order valence-electron chi connectivity index (χ0n) is 23.8. The summed E-state index contributed by atoms with van der Waals surface area (Å²) in [6, 6.07) is 15.3. The van der Waals surface area contributed by atoms with Crippen LogP contribution in [0.25, 0.3) is 32.8 Å². The van der Waals surface area contributed by atoms with Crippen molar-refractivity contribution in [2.24, 2.45) is 0 Å². The topological polar surface area (TPSA) is 105 Å². The predicted molar refractivity (Wildman–Crippen MR) is 162 cm³/mol. The number of aromatic nitrogens is 1. The molecule has 3 aliphatic rings. The van der Waals surface area contributed by atoms with Crippen molar-refractivity contribution in [2.45, 2.75) is 37.1 Å². The molecule has 2 fully saturated rings. The number of likely N-dealkylation sites (N-methyl/N-ethyl adjacent to an activating group) is 1. The van der Waals surface area contributed by atoms with Crippen molar-refractivity contribution < 1.29 is 14.3 Å². The number of nitrogens with zero attached hydrogens (tertiary/aromatic N) is 4. The standard InChI is InChI=1S/C33H33FN6O2/c1-39(2)21-16-40(17-21)31-30-27(33(32(42)38-30)10-6-12-36-18-33)25-14-20(8-5-11-35)26(28(34)29(25)37-31)24-15-22(41)13-19-7-3-4-9-23(19)24/h3-4,7,9,13-15,21,36,41H,5-6,8,10,12,16-18H2,1-2H3,(H,38,42). The molecule has 1 spiro atoms. The van der Waals surface area contributed by atoms with Crippen LogP contribution in [0.15, 0.2) is 42.5 Å². The van der Waals surface area contributed by atoms with Crippen LogP contribution >= 0.6 is 0 Å². The van der Waals surface area contributed by atoms with Crippen LogP contribution in [-0.2, 0) is 16.6 Å². The molecule has 0 radical (unpaired) electrons. The van der Waals surface area contributed by atoms with Crippen molar-refractivity contribution >= 4 is 39.1 Å². The van der Waals surface area contributed by atoms with Crippen LogP contribution in [0.4, 0.5) is 15.9 Å². The number of amides is 1. The second-order valence-electron chi connectivity index (χ2n) is 12.0. The molecule has 3 aromatic carbocycles. The highest BCUT2D eigenvalue weighted by Crippen LogP contribution is 2.51. The first kappa shape index (κ1) is 26.6. The molecule has 1 atom stereocenters. The zero-order chi connectivity index (χ0) is 29.2. The SMILES string of the molecule is CN(C)C1CN(c2nc3c(F)c(-c4cc(O)cc5ccccc45)c(CCC#N)cc3c3c2NC(=O)C32CCCNC2)C1. The minimum absolute atomic E-state index is 0.0365. The van der Waals surface area contributed by atoms with Crippen molar-refractivity contribution in [3.05, 3.63) is 59.4 Å². The van der Waals surface area contributed by atoms with Gasteiger partial charge in [0.2, 0.25) is 5.91 Å². The maximum absolute atomic E-state index is 17.2. The lowest BCUT2D eigenvalue weighted by molar-refractivity contribution is -0.121. The molecule has 0 bridgehead atoms. The largest absolute Gasteiger partial charge is 0.508 e. The Bertz CT molecular complexity index is 1800. The van der Waals surface area contributed by atoms with Gasteiger partial charge in [-0.2, -0.15) is 5.26 Å². The molecule has 8 nitrogen and oxygen atoms in total. The molecule has 0 aliphatic carbocycles. The number of phenols is 1. The Morgan fingerprint density at radius 1 is 1.21 bits per heavy atom. The molecule has 3 N–H and O–H groups in total. The number of piperidine rings is 1. The molecule has 9 heteroatoms. The van der Waals surface area contributed by atoms with Gasteiger partial charge in [-0.15, -0.1) is 0 Å². The van der Waals surface area contributed by atoms with Gasteiger partial charge in [0.05, 0.1) is 17.2 Å². The molecular weight excluding hydrogens is 531 g/mol. The number of rotatable bonds is 5. The number of aryl methyl sites for hydroxylation is 1. The van der Waals surface area contributed by atoms with E-state index in [1.54, 1.807) is 12.1 Å². The smallest absolute Gasteiger partial charge is 0.236 e. The Hall–Kier alpha value is -4.26. The second-order valence-corrected chi connectivity index (χ2v) is 12.0. The lowest BCUT2D eigenvalue weighted by Gasteiger charge is -2.44. The fourth-order valence-electron chi connectivity index (χ4n) is 7.04. The summed E-state index contributed by atoms with van der Waals surface area (Å²) in [6.45, 7) is 2.75. The lowest BCUT2D eigenvalue weighted by Crippen LogP contribution is -2.57. The monoisotopic (exact) mass is 564 g/mol. The average molecular weight is 565 g/mol. The van der Waals surface area contributed by atoms with Gasteiger partial charge in [-0.3, -0.25) is 4.79 Å². The Balaban J connectivity index is 1.55. The summed E-state index contributed by atoms with van der Waals surface area (Å²) in [5, 5.41) is 28.9. The Labute approximate surface area is 243 Å². The minimum Gasteiger partial charge on any atom is -0.508 e. The predicted octanol–water partition coefficient (Wildman–Crippen LogP) is 4.68. The van der Waals surface area contributed by atoms with Crippen molar-refractivity contribution in [1.29, 1.82) is 5.26 Å². The molecule has 42 heavy (non-hydrogen) atoms. The number of carbonyl (C=O) groups excluding carboxylic acids is 1. The van der Waals surface area contributed by atoms with Crippen molar-refractivity contribution in [1.82, 2.24) is 15.2 Å². The first-order valence-corrected chi connectivity index (χ1v) is 14.5. The molecule has 7 rings (SSSR count). The Kier molecular flexibility index (Phi) is 6.30. The van der Waals surface area contributed by atoms with Gasteiger partial charge < -0.3 is 25.5 Å². The van der Waals surface area contributed by atoms with Gasteiger partial charge in [0, 0.05) is 48.6 Å². The number of anilines is 2. The van der Waals surface area contributed by atoms with E-state index in [4.69, 9.17) is 4.98 Å². The molecule has 3 aliphatic heterocycles. The van der Waals surface area contributed by atoms with Gasteiger partial charge in [-0.25, -0.2) is 9.37 Å². The highest BCUT2D eigenvalue weighted by atomic mass is 19.1. The Morgan fingerprint density at radius 2 is 2.02 bits per heavy atom. The molecular formula is C33H33FN6O2. The molecule has 1 unspecified atom stereocenters. The number of aromatic hydroxyl groups is 1. The molecule has 4 heterocycles. The quantitative estimate of drug-likeness (QED) is 0.323. The summed E-state index contributed by atoms with van der Waals surface area (Å²) < 4.78 is 17.2. The van der Waals surface area contributed by atoms with E-state index < -0.39 is 11.2 Å². The number of nitrogens with one attached hydrogen (secondary N) is 2. The fourth-order valence-corrected chi connectivity index (χ4v) is 7.04. The molecule has 0 saturated carbocycles. The normalized spacial score (nSPS) is 20.3. The minimum atomic E-state index is -0.826. The van der Waals surface area contributed by atoms with Gasteiger partial charge in [-0.05, 0) is 80.0 Å². The van der Waals surface area contributed by atoms with E-state index in [-0.39, 0.29) is 23.6 Å². The van der Waals surface area contributed by atoms with E-state index in [0.717, 1.165) is 42.4 Å². The number of hydrogen-bond acceptors (Lipinski definition) is 7. The van der Waals surface area contributed by atoms with Gasteiger partial charge in [0.15, 0.2) is 11.6 Å². The van der Waals surface area contributed by atoms with Crippen LogP contribution in [0, 0.1) is 17.1 Å². The Morgan fingerprint density at radius 3 is 2.76 bits per heavy atom. The third-order valence-electron chi connectivity index (χ3n) is 9.33. The third kappa shape index (κ3) is 3.93. The van der Waals surface area contributed by atoms with E-state index in [2.05, 4.69) is 26.5 Å². The molecule has 4 aromatic rings. The molecule has 2 saturated heterocycles. The van der Waals surface area contributed by atoms with Gasteiger partial charge in [0.1, 0.15) is 11.3 Å². The number of pyridine rings is 1. The van der Waals surface area contributed by atoms with Crippen LogP contribution in [0.3, 0.4) is 0 Å². The van der Waals surface area contributed by atoms with Crippen molar-refractivity contribution in [3.8, 4) is 22.9 Å². The van der Waals surface area contributed by atoms with Crippen molar-refractivity contribution in [3.63, 3.8) is 0 Å².